The molecule has 0 atom stereocenters. The molecular weight excluding hydrogens is 303 g/mol. The average Bonchev–Trinajstić information content (AvgIpc) is 2.23. The molecular formula is C10H9BrF3NO2. The van der Waals surface area contributed by atoms with Gasteiger partial charge in [-0.2, -0.15) is 0 Å². The molecule has 0 aliphatic heterocycles. The molecule has 1 aromatic heterocycles. The number of aromatic nitrogens is 1. The Labute approximate surface area is 104 Å². The largest absolute Gasteiger partial charge is 0.466 e. The molecule has 3 nitrogen and oxygen atoms in total. The number of alkyl halides is 2. The lowest BCUT2D eigenvalue weighted by atomic mass is 10.2. The molecule has 0 unspecified atom stereocenters. The molecule has 0 saturated carbocycles. The van der Waals surface area contributed by atoms with E-state index >= 15 is 0 Å². The summed E-state index contributed by atoms with van der Waals surface area (Å²) in [7, 11) is 0. The van der Waals surface area contributed by atoms with Crippen LogP contribution in [-0.4, -0.2) is 17.6 Å². The number of halogens is 4. The van der Waals surface area contributed by atoms with Gasteiger partial charge in [-0.15, -0.1) is 0 Å². The standard InChI is InChI=1S/C10H9BrF3NO2/c1-2-17-7(16)4-5-3-6(12)8(11)9(15-5)10(13)14/h3,10H,2,4H2,1H3. The SMILES string of the molecule is CCOC(=O)Cc1cc(F)c(Br)c(C(F)F)n1. The van der Waals surface area contributed by atoms with E-state index in [-0.39, 0.29) is 23.2 Å². The molecule has 0 aliphatic rings. The average molecular weight is 312 g/mol. The lowest BCUT2D eigenvalue weighted by molar-refractivity contribution is -0.142. The highest BCUT2D eigenvalue weighted by Crippen LogP contribution is 2.28. The maximum atomic E-state index is 13.3. The lowest BCUT2D eigenvalue weighted by Gasteiger charge is -2.07. The normalized spacial score (nSPS) is 10.7. The highest BCUT2D eigenvalue weighted by Gasteiger charge is 2.19. The molecule has 0 fully saturated rings. The maximum absolute atomic E-state index is 13.3. The predicted octanol–water partition coefficient (Wildman–Crippen LogP) is 3.03. The molecule has 0 amide bonds. The first-order valence-corrected chi connectivity index (χ1v) is 5.53. The summed E-state index contributed by atoms with van der Waals surface area (Å²) >= 11 is 2.68. The van der Waals surface area contributed by atoms with Gasteiger partial charge in [0.1, 0.15) is 11.5 Å². The topological polar surface area (TPSA) is 39.2 Å². The van der Waals surface area contributed by atoms with Gasteiger partial charge in [0.25, 0.3) is 6.43 Å². The van der Waals surface area contributed by atoms with Crippen LogP contribution in [0.3, 0.4) is 0 Å². The van der Waals surface area contributed by atoms with Crippen LogP contribution in [0.15, 0.2) is 10.5 Å². The summed E-state index contributed by atoms with van der Waals surface area (Å²) in [5, 5.41) is 0. The number of rotatable bonds is 4. The Hall–Kier alpha value is -1.11. The molecule has 0 radical (unpaired) electrons. The van der Waals surface area contributed by atoms with Crippen molar-refractivity contribution in [2.75, 3.05) is 6.61 Å². The van der Waals surface area contributed by atoms with Crippen LogP contribution in [-0.2, 0) is 16.0 Å². The van der Waals surface area contributed by atoms with Gasteiger partial charge in [0.05, 0.1) is 23.2 Å². The highest BCUT2D eigenvalue weighted by molar-refractivity contribution is 9.10. The third-order valence-electron chi connectivity index (χ3n) is 1.83. The fourth-order valence-corrected chi connectivity index (χ4v) is 1.54. The molecule has 17 heavy (non-hydrogen) atoms. The van der Waals surface area contributed by atoms with Crippen molar-refractivity contribution >= 4 is 21.9 Å². The van der Waals surface area contributed by atoms with Gasteiger partial charge in [0, 0.05) is 0 Å². The van der Waals surface area contributed by atoms with Gasteiger partial charge in [0.15, 0.2) is 0 Å². The molecule has 0 spiro atoms. The zero-order valence-corrected chi connectivity index (χ0v) is 10.4. The van der Waals surface area contributed by atoms with Crippen molar-refractivity contribution in [1.82, 2.24) is 4.98 Å². The minimum absolute atomic E-state index is 0.0838. The van der Waals surface area contributed by atoms with Crippen molar-refractivity contribution in [3.63, 3.8) is 0 Å². The molecule has 0 aromatic carbocycles. The quantitative estimate of drug-likeness (QED) is 0.802. The van der Waals surface area contributed by atoms with E-state index in [4.69, 9.17) is 0 Å². The van der Waals surface area contributed by atoms with E-state index in [1.807, 2.05) is 0 Å². The highest BCUT2D eigenvalue weighted by atomic mass is 79.9. The van der Waals surface area contributed by atoms with Gasteiger partial charge in [-0.1, -0.05) is 0 Å². The van der Waals surface area contributed by atoms with Gasteiger partial charge in [-0.25, -0.2) is 18.2 Å². The van der Waals surface area contributed by atoms with Gasteiger partial charge >= 0.3 is 5.97 Å². The Balaban J connectivity index is 2.98. The van der Waals surface area contributed by atoms with Crippen LogP contribution in [0, 0.1) is 5.82 Å². The minimum atomic E-state index is -2.92. The maximum Gasteiger partial charge on any atom is 0.311 e. The fraction of sp³-hybridized carbons (Fsp3) is 0.400. The van der Waals surface area contributed by atoms with Crippen LogP contribution in [0.1, 0.15) is 24.7 Å². The number of nitrogens with zero attached hydrogens (tertiary/aromatic N) is 1. The summed E-state index contributed by atoms with van der Waals surface area (Å²) in [6, 6.07) is 0.923. The molecule has 1 heterocycles. The van der Waals surface area contributed by atoms with Crippen LogP contribution in [0.4, 0.5) is 13.2 Å². The smallest absolute Gasteiger partial charge is 0.311 e. The Morgan fingerprint density at radius 2 is 2.24 bits per heavy atom. The van der Waals surface area contributed by atoms with Gasteiger partial charge in [-0.05, 0) is 28.9 Å². The number of pyridine rings is 1. The second-order valence-electron chi connectivity index (χ2n) is 3.08. The lowest BCUT2D eigenvalue weighted by Crippen LogP contribution is -2.10. The monoisotopic (exact) mass is 311 g/mol. The Morgan fingerprint density at radius 1 is 1.59 bits per heavy atom. The van der Waals surface area contributed by atoms with E-state index in [2.05, 4.69) is 25.7 Å². The number of carbonyl (C=O) groups is 1. The molecule has 1 aromatic rings. The van der Waals surface area contributed by atoms with Crippen molar-refractivity contribution in [1.29, 1.82) is 0 Å². The molecule has 94 valence electrons. The minimum Gasteiger partial charge on any atom is -0.466 e. The summed E-state index contributed by atoms with van der Waals surface area (Å²) in [6.45, 7) is 1.78. The summed E-state index contributed by atoms with van der Waals surface area (Å²) < 4.78 is 42.5. The van der Waals surface area contributed by atoms with E-state index in [0.29, 0.717) is 0 Å². The molecule has 0 bridgehead atoms. The molecule has 1 rings (SSSR count). The first-order chi connectivity index (χ1) is 7.95. The van der Waals surface area contributed by atoms with Crippen LogP contribution in [0.25, 0.3) is 0 Å². The Kier molecular flexibility index (Phi) is 4.92. The second kappa shape index (κ2) is 6.00. The fourth-order valence-electron chi connectivity index (χ4n) is 1.16. The number of carbonyl (C=O) groups excluding carboxylic acids is 1. The third kappa shape index (κ3) is 3.69. The third-order valence-corrected chi connectivity index (χ3v) is 2.61. The van der Waals surface area contributed by atoms with E-state index < -0.39 is 23.9 Å². The van der Waals surface area contributed by atoms with E-state index in [1.54, 1.807) is 6.92 Å². The zero-order valence-electron chi connectivity index (χ0n) is 8.84. The zero-order chi connectivity index (χ0) is 13.0. The molecule has 0 saturated heterocycles. The van der Waals surface area contributed by atoms with Crippen LogP contribution in [0.2, 0.25) is 0 Å². The van der Waals surface area contributed by atoms with E-state index in [9.17, 15) is 18.0 Å². The Bertz CT molecular complexity index is 426. The molecule has 7 heteroatoms. The van der Waals surface area contributed by atoms with Gasteiger partial charge in [-0.3, -0.25) is 4.79 Å². The van der Waals surface area contributed by atoms with Crippen molar-refractivity contribution < 1.29 is 22.7 Å². The van der Waals surface area contributed by atoms with E-state index in [1.165, 1.54) is 0 Å². The number of esters is 1. The number of hydrogen-bond donors (Lipinski definition) is 0. The second-order valence-corrected chi connectivity index (χ2v) is 3.87. The Morgan fingerprint density at radius 3 is 2.76 bits per heavy atom. The molecule has 0 aliphatic carbocycles. The van der Waals surface area contributed by atoms with Crippen molar-refractivity contribution in [3.8, 4) is 0 Å². The van der Waals surface area contributed by atoms with Crippen LogP contribution < -0.4 is 0 Å². The predicted molar refractivity (Wildman–Crippen MR) is 57.2 cm³/mol. The molecule has 0 N–H and O–H groups in total. The first kappa shape index (κ1) is 14.0. The summed E-state index contributed by atoms with van der Waals surface area (Å²) in [6.07, 6.45) is -3.25. The summed E-state index contributed by atoms with van der Waals surface area (Å²) in [5.74, 6) is -1.52. The van der Waals surface area contributed by atoms with Gasteiger partial charge in [0.2, 0.25) is 0 Å². The van der Waals surface area contributed by atoms with Crippen molar-refractivity contribution in [2.45, 2.75) is 19.8 Å². The summed E-state index contributed by atoms with van der Waals surface area (Å²) in [5.41, 5.74) is -0.802. The first-order valence-electron chi connectivity index (χ1n) is 4.74. The van der Waals surface area contributed by atoms with Crippen molar-refractivity contribution in [3.05, 3.63) is 27.7 Å². The number of hydrogen-bond acceptors (Lipinski definition) is 3. The summed E-state index contributed by atoms with van der Waals surface area (Å²) in [4.78, 5) is 14.6. The van der Waals surface area contributed by atoms with E-state index in [0.717, 1.165) is 6.07 Å². The van der Waals surface area contributed by atoms with Crippen molar-refractivity contribution in [2.24, 2.45) is 0 Å². The van der Waals surface area contributed by atoms with Gasteiger partial charge < -0.3 is 4.74 Å². The van der Waals surface area contributed by atoms with Crippen LogP contribution in [0.5, 0.6) is 0 Å². The number of ether oxygens (including phenoxy) is 1. The van der Waals surface area contributed by atoms with Crippen LogP contribution >= 0.6 is 15.9 Å².